The summed E-state index contributed by atoms with van der Waals surface area (Å²) < 4.78 is 31.8. The van der Waals surface area contributed by atoms with E-state index in [1.165, 1.54) is 6.07 Å². The van der Waals surface area contributed by atoms with Gasteiger partial charge in [0.05, 0.1) is 11.7 Å². The van der Waals surface area contributed by atoms with E-state index in [0.717, 1.165) is 24.0 Å². The van der Waals surface area contributed by atoms with Crippen LogP contribution in [0.2, 0.25) is 0 Å². The molecule has 0 atom stereocenters. The number of urea groups is 1. The molecule has 10 nitrogen and oxygen atoms in total. The van der Waals surface area contributed by atoms with E-state index < -0.39 is 11.6 Å². The van der Waals surface area contributed by atoms with E-state index in [1.54, 1.807) is 17.0 Å². The first kappa shape index (κ1) is 27.4. The van der Waals surface area contributed by atoms with Crippen molar-refractivity contribution in [3.05, 3.63) is 59.2 Å². The van der Waals surface area contributed by atoms with Crippen LogP contribution < -0.4 is 10.6 Å². The first-order valence-electron chi connectivity index (χ1n) is 13.2. The van der Waals surface area contributed by atoms with Crippen molar-refractivity contribution < 1.29 is 13.6 Å². The Morgan fingerprint density at radius 1 is 1.12 bits per heavy atom. The molecule has 1 aromatic carbocycles. The van der Waals surface area contributed by atoms with Gasteiger partial charge in [0.2, 0.25) is 5.95 Å². The second-order valence-electron chi connectivity index (χ2n) is 10.5. The number of fused-ring (bicyclic) bond motifs is 2. The Morgan fingerprint density at radius 3 is 2.67 bits per heavy atom. The maximum Gasteiger partial charge on any atom is 0.317 e. The third kappa shape index (κ3) is 5.57. The third-order valence-corrected chi connectivity index (χ3v) is 6.87. The van der Waals surface area contributed by atoms with Gasteiger partial charge < -0.3 is 25.0 Å². The highest BCUT2D eigenvalue weighted by atomic mass is 19.1. The molecule has 1 aliphatic heterocycles. The van der Waals surface area contributed by atoms with Gasteiger partial charge in [-0.15, -0.1) is 0 Å². The average Bonchev–Trinajstić information content (AvgIpc) is 3.25. The zero-order valence-corrected chi connectivity index (χ0v) is 23.3. The number of likely N-dealkylation sites (N-methyl/N-ethyl adjacent to an activating group) is 1. The molecule has 0 unspecified atom stereocenters. The first-order chi connectivity index (χ1) is 19.1. The zero-order chi connectivity index (χ0) is 28.6. The van der Waals surface area contributed by atoms with Gasteiger partial charge in [0.15, 0.2) is 11.6 Å². The lowest BCUT2D eigenvalue weighted by Crippen LogP contribution is -2.44. The summed E-state index contributed by atoms with van der Waals surface area (Å²) >= 11 is 0. The molecule has 2 N–H and O–H groups in total. The standard InChI is InChI=1S/C28H33F2N9O/c1-16(2)39-17(3)33-26-20(29)12-19(13-23(26)39)25-21(30)14-32-27(36-25)35-24-7-6-18-15-38(10-8-22(18)34-24)28(40)31-9-11-37(4)5/h6-7,12-14,16H,8-11,15H2,1-5H3,(H,31,40)(H,32,34,35,36). The molecule has 0 spiro atoms. The number of amides is 2. The number of nitrogens with one attached hydrogen (secondary N) is 2. The van der Waals surface area contributed by atoms with Crippen LogP contribution in [0.15, 0.2) is 30.5 Å². The molecule has 0 bridgehead atoms. The predicted octanol–water partition coefficient (Wildman–Crippen LogP) is 4.43. The van der Waals surface area contributed by atoms with Gasteiger partial charge in [-0.3, -0.25) is 0 Å². The second kappa shape index (κ2) is 11.1. The molecule has 4 aromatic rings. The van der Waals surface area contributed by atoms with Gasteiger partial charge >= 0.3 is 6.03 Å². The van der Waals surface area contributed by atoms with Crippen LogP contribution in [0.25, 0.3) is 22.3 Å². The number of pyridine rings is 1. The fourth-order valence-corrected chi connectivity index (χ4v) is 4.96. The number of rotatable bonds is 7. The highest BCUT2D eigenvalue weighted by molar-refractivity contribution is 5.83. The summed E-state index contributed by atoms with van der Waals surface area (Å²) in [7, 11) is 3.92. The van der Waals surface area contributed by atoms with E-state index in [1.807, 2.05) is 50.4 Å². The number of aromatic nitrogens is 5. The van der Waals surface area contributed by atoms with Crippen molar-refractivity contribution in [1.29, 1.82) is 0 Å². The lowest BCUT2D eigenvalue weighted by Gasteiger charge is -2.28. The maximum absolute atomic E-state index is 15.0. The Hall–Kier alpha value is -4.19. The Bertz CT molecular complexity index is 1570. The predicted molar refractivity (Wildman–Crippen MR) is 149 cm³/mol. The van der Waals surface area contributed by atoms with Crippen LogP contribution in [0.4, 0.5) is 25.3 Å². The number of carbonyl (C=O) groups is 1. The van der Waals surface area contributed by atoms with Gasteiger partial charge in [0.1, 0.15) is 22.9 Å². The number of carbonyl (C=O) groups excluding carboxylic acids is 1. The monoisotopic (exact) mass is 549 g/mol. The number of benzene rings is 1. The van der Waals surface area contributed by atoms with Crippen LogP contribution in [-0.2, 0) is 13.0 Å². The highest BCUT2D eigenvalue weighted by Crippen LogP contribution is 2.30. The van der Waals surface area contributed by atoms with E-state index in [9.17, 15) is 9.18 Å². The molecule has 1 aliphatic rings. The van der Waals surface area contributed by atoms with Crippen LogP contribution in [0.3, 0.4) is 0 Å². The number of halogens is 2. The number of anilines is 2. The molecule has 40 heavy (non-hydrogen) atoms. The van der Waals surface area contributed by atoms with Gasteiger partial charge in [-0.1, -0.05) is 6.07 Å². The van der Waals surface area contributed by atoms with Crippen molar-refractivity contribution in [3.8, 4) is 11.3 Å². The maximum atomic E-state index is 15.0. The Kier molecular flexibility index (Phi) is 7.61. The molecule has 0 radical (unpaired) electrons. The molecule has 0 saturated heterocycles. The normalized spacial score (nSPS) is 13.3. The SMILES string of the molecule is Cc1nc2c(F)cc(-c3nc(Nc4ccc5c(n4)CCN(C(=O)NCCN(C)C)C5)ncc3F)cc2n1C(C)C. The smallest absolute Gasteiger partial charge is 0.317 e. The quantitative estimate of drug-likeness (QED) is 0.352. The lowest BCUT2D eigenvalue weighted by molar-refractivity contribution is 0.191. The van der Waals surface area contributed by atoms with E-state index in [-0.39, 0.29) is 34.8 Å². The van der Waals surface area contributed by atoms with Gasteiger partial charge in [-0.25, -0.2) is 33.5 Å². The third-order valence-electron chi connectivity index (χ3n) is 6.87. The summed E-state index contributed by atoms with van der Waals surface area (Å²) in [6, 6.07) is 6.58. The Balaban J connectivity index is 1.35. The number of hydrogen-bond donors (Lipinski definition) is 2. The van der Waals surface area contributed by atoms with E-state index in [2.05, 4.69) is 30.6 Å². The minimum atomic E-state index is -0.668. The van der Waals surface area contributed by atoms with Crippen molar-refractivity contribution in [2.75, 3.05) is 39.0 Å². The van der Waals surface area contributed by atoms with E-state index in [0.29, 0.717) is 43.2 Å². The summed E-state index contributed by atoms with van der Waals surface area (Å²) in [6.07, 6.45) is 1.66. The van der Waals surface area contributed by atoms with E-state index >= 15 is 4.39 Å². The average molecular weight is 550 g/mol. The van der Waals surface area contributed by atoms with Crippen molar-refractivity contribution >= 4 is 28.8 Å². The minimum Gasteiger partial charge on any atom is -0.337 e. The topological polar surface area (TPSA) is 104 Å². The van der Waals surface area contributed by atoms with Gasteiger partial charge in [0, 0.05) is 49.9 Å². The van der Waals surface area contributed by atoms with Gasteiger partial charge in [-0.05, 0) is 58.6 Å². The van der Waals surface area contributed by atoms with Crippen LogP contribution in [-0.4, -0.2) is 74.1 Å². The summed E-state index contributed by atoms with van der Waals surface area (Å²) in [5, 5.41) is 5.98. The zero-order valence-electron chi connectivity index (χ0n) is 23.3. The molecule has 12 heteroatoms. The number of aryl methyl sites for hydroxylation is 1. The Labute approximate surface area is 231 Å². The first-order valence-corrected chi connectivity index (χ1v) is 13.2. The highest BCUT2D eigenvalue weighted by Gasteiger charge is 2.22. The lowest BCUT2D eigenvalue weighted by atomic mass is 10.1. The number of hydrogen-bond acceptors (Lipinski definition) is 7. The van der Waals surface area contributed by atoms with Crippen molar-refractivity contribution in [2.24, 2.45) is 0 Å². The van der Waals surface area contributed by atoms with Crippen LogP contribution in [0, 0.1) is 18.6 Å². The van der Waals surface area contributed by atoms with Gasteiger partial charge in [0.25, 0.3) is 0 Å². The molecule has 0 aliphatic carbocycles. The summed E-state index contributed by atoms with van der Waals surface area (Å²) in [5.41, 5.74) is 2.91. The second-order valence-corrected chi connectivity index (χ2v) is 10.5. The number of nitrogens with zero attached hydrogens (tertiary/aromatic N) is 7. The molecule has 4 heterocycles. The number of imidazole rings is 1. The Morgan fingerprint density at radius 2 is 1.93 bits per heavy atom. The molecule has 5 rings (SSSR count). The molecular weight excluding hydrogens is 516 g/mol. The molecule has 0 fully saturated rings. The van der Waals surface area contributed by atoms with Crippen molar-refractivity contribution in [1.82, 2.24) is 39.6 Å². The van der Waals surface area contributed by atoms with Gasteiger partial charge in [-0.2, -0.15) is 0 Å². The fourth-order valence-electron chi connectivity index (χ4n) is 4.96. The summed E-state index contributed by atoms with van der Waals surface area (Å²) in [4.78, 5) is 33.7. The minimum absolute atomic E-state index is 0.0265. The summed E-state index contributed by atoms with van der Waals surface area (Å²) in [6.45, 7) is 8.15. The molecule has 210 valence electrons. The van der Waals surface area contributed by atoms with Crippen LogP contribution in [0.1, 0.15) is 37.0 Å². The molecule has 3 aromatic heterocycles. The van der Waals surface area contributed by atoms with Crippen molar-refractivity contribution in [2.45, 2.75) is 39.8 Å². The fraction of sp³-hybridized carbons (Fsp3) is 0.393. The summed E-state index contributed by atoms with van der Waals surface area (Å²) in [5.74, 6) is 0.0994. The van der Waals surface area contributed by atoms with Crippen LogP contribution >= 0.6 is 0 Å². The molecule has 2 amide bonds. The molecular formula is C28H33F2N9O. The van der Waals surface area contributed by atoms with Crippen molar-refractivity contribution in [3.63, 3.8) is 0 Å². The van der Waals surface area contributed by atoms with Crippen LogP contribution in [0.5, 0.6) is 0 Å². The largest absolute Gasteiger partial charge is 0.337 e. The molecule has 0 saturated carbocycles. The van der Waals surface area contributed by atoms with E-state index in [4.69, 9.17) is 0 Å².